The second-order valence-corrected chi connectivity index (χ2v) is 8.90. The molecule has 6 nitrogen and oxygen atoms in total. The van der Waals surface area contributed by atoms with Crippen molar-refractivity contribution in [3.05, 3.63) is 70.5 Å². The first-order valence-corrected chi connectivity index (χ1v) is 11.5. The molecule has 0 amide bonds. The Balaban J connectivity index is 1.72. The maximum absolute atomic E-state index is 10.9. The third-order valence-electron chi connectivity index (χ3n) is 6.28. The summed E-state index contributed by atoms with van der Waals surface area (Å²) in [5, 5.41) is 24.1. The lowest BCUT2D eigenvalue weighted by molar-refractivity contribution is 0.211. The lowest BCUT2D eigenvalue weighted by atomic mass is 10.1. The van der Waals surface area contributed by atoms with E-state index >= 15 is 0 Å². The first-order chi connectivity index (χ1) is 16.0. The number of phenolic OH excluding ortho intramolecular Hbond substituents is 1. The number of aromatic hydroxyl groups is 1. The van der Waals surface area contributed by atoms with Crippen molar-refractivity contribution in [1.29, 1.82) is 0 Å². The zero-order valence-corrected chi connectivity index (χ0v) is 19.2. The minimum absolute atomic E-state index is 0.281. The van der Waals surface area contributed by atoms with E-state index in [4.69, 9.17) is 21.3 Å². The van der Waals surface area contributed by atoms with Gasteiger partial charge in [0.25, 0.3) is 0 Å². The van der Waals surface area contributed by atoms with Crippen molar-refractivity contribution < 1.29 is 15.1 Å². The van der Waals surface area contributed by atoms with Crippen molar-refractivity contribution in [1.82, 2.24) is 9.63 Å². The maximum Gasteiger partial charge on any atom is 0.120 e. The standard InChI is InChI=1S/C26H26ClN3O3/c1-33-20-7-9-23-22(15-20)26(21-8-5-18(27)14-24(21)30(23)32)28-19-6-10-25(31)17(13-19)16-29-11-3-2-4-12-29/h5-10,13-15,31-32H,2-4,11-12,16H2,1H3. The number of rotatable bonds is 4. The molecule has 0 unspecified atom stereocenters. The molecule has 1 fully saturated rings. The highest BCUT2D eigenvalue weighted by atomic mass is 35.5. The van der Waals surface area contributed by atoms with E-state index in [0.29, 0.717) is 33.7 Å². The fourth-order valence-electron chi connectivity index (χ4n) is 4.55. The van der Waals surface area contributed by atoms with Gasteiger partial charge in [0.05, 0.1) is 29.2 Å². The molecule has 7 heteroatoms. The van der Waals surface area contributed by atoms with Gasteiger partial charge in [-0.05, 0) is 80.5 Å². The molecule has 1 saturated heterocycles. The van der Waals surface area contributed by atoms with Gasteiger partial charge in [-0.1, -0.05) is 18.0 Å². The number of piperidine rings is 1. The molecule has 2 heterocycles. The topological polar surface area (TPSA) is 70.2 Å². The van der Waals surface area contributed by atoms with Gasteiger partial charge >= 0.3 is 0 Å². The molecule has 5 rings (SSSR count). The summed E-state index contributed by atoms with van der Waals surface area (Å²) in [6.45, 7) is 2.79. The number of phenols is 1. The summed E-state index contributed by atoms with van der Waals surface area (Å²) in [7, 11) is 1.61. The molecule has 0 bridgehead atoms. The molecule has 1 aliphatic rings. The van der Waals surface area contributed by atoms with Crippen LogP contribution in [0.4, 0.5) is 5.69 Å². The van der Waals surface area contributed by atoms with Gasteiger partial charge in [-0.15, -0.1) is 0 Å². The number of benzene rings is 3. The molecule has 0 radical (unpaired) electrons. The highest BCUT2D eigenvalue weighted by molar-refractivity contribution is 6.31. The van der Waals surface area contributed by atoms with Crippen molar-refractivity contribution in [3.8, 4) is 11.5 Å². The fourth-order valence-corrected chi connectivity index (χ4v) is 4.71. The number of likely N-dealkylation sites (tertiary alicyclic amines) is 1. The summed E-state index contributed by atoms with van der Waals surface area (Å²) in [5.41, 5.74) is 2.75. The molecular weight excluding hydrogens is 438 g/mol. The number of nitrogens with zero attached hydrogens (tertiary/aromatic N) is 3. The summed E-state index contributed by atoms with van der Waals surface area (Å²) in [6.07, 6.45) is 3.65. The minimum Gasteiger partial charge on any atom is -0.508 e. The van der Waals surface area contributed by atoms with E-state index in [1.807, 2.05) is 24.3 Å². The van der Waals surface area contributed by atoms with Crippen molar-refractivity contribution in [2.75, 3.05) is 20.2 Å². The predicted molar refractivity (Wildman–Crippen MR) is 131 cm³/mol. The summed E-state index contributed by atoms with van der Waals surface area (Å²) in [6, 6.07) is 16.3. The van der Waals surface area contributed by atoms with Gasteiger partial charge in [0.1, 0.15) is 11.5 Å². The van der Waals surface area contributed by atoms with E-state index in [9.17, 15) is 10.3 Å². The number of hydrogen-bond donors (Lipinski definition) is 2. The minimum atomic E-state index is 0.281. The van der Waals surface area contributed by atoms with Crippen molar-refractivity contribution >= 4 is 39.1 Å². The van der Waals surface area contributed by atoms with Crippen molar-refractivity contribution in [2.24, 2.45) is 4.99 Å². The molecule has 33 heavy (non-hydrogen) atoms. The van der Waals surface area contributed by atoms with Crippen LogP contribution in [0.5, 0.6) is 11.5 Å². The predicted octanol–water partition coefficient (Wildman–Crippen LogP) is 5.62. The SMILES string of the molecule is COc1ccc2c(c1)c(=Nc1ccc(O)c(CN3CCCCC3)c1)c1ccc(Cl)cc1n2O. The molecule has 170 valence electrons. The van der Waals surface area contributed by atoms with E-state index in [-0.39, 0.29) is 5.75 Å². The van der Waals surface area contributed by atoms with E-state index < -0.39 is 0 Å². The summed E-state index contributed by atoms with van der Waals surface area (Å²) in [5.74, 6) is 0.952. The Morgan fingerprint density at radius 3 is 2.55 bits per heavy atom. The number of aromatic nitrogens is 1. The highest BCUT2D eigenvalue weighted by Gasteiger charge is 2.14. The van der Waals surface area contributed by atoms with Gasteiger partial charge in [-0.25, -0.2) is 4.99 Å². The summed E-state index contributed by atoms with van der Waals surface area (Å²) in [4.78, 5) is 7.36. The average molecular weight is 464 g/mol. The number of pyridine rings is 1. The van der Waals surface area contributed by atoms with E-state index in [2.05, 4.69) is 4.90 Å². The van der Waals surface area contributed by atoms with Crippen molar-refractivity contribution in [2.45, 2.75) is 25.8 Å². The van der Waals surface area contributed by atoms with Crippen LogP contribution in [0.15, 0.2) is 59.6 Å². The third kappa shape index (κ3) is 4.24. The molecule has 0 aliphatic carbocycles. The molecular formula is C26H26ClN3O3. The van der Waals surface area contributed by atoms with Gasteiger partial charge in [0.2, 0.25) is 0 Å². The fraction of sp³-hybridized carbons (Fsp3) is 0.269. The van der Waals surface area contributed by atoms with Crippen LogP contribution < -0.4 is 10.1 Å². The van der Waals surface area contributed by atoms with E-state index in [1.54, 1.807) is 37.4 Å². The van der Waals surface area contributed by atoms with Crippen LogP contribution in [0.25, 0.3) is 21.8 Å². The smallest absolute Gasteiger partial charge is 0.120 e. The van der Waals surface area contributed by atoms with Crippen LogP contribution in [0.2, 0.25) is 5.02 Å². The number of fused-ring (bicyclic) bond motifs is 2. The monoisotopic (exact) mass is 463 g/mol. The molecule has 2 N–H and O–H groups in total. The van der Waals surface area contributed by atoms with E-state index in [0.717, 1.165) is 39.8 Å². The van der Waals surface area contributed by atoms with Gasteiger partial charge in [-0.3, -0.25) is 4.90 Å². The summed E-state index contributed by atoms with van der Waals surface area (Å²) < 4.78 is 6.56. The Hall–Kier alpha value is -3.22. The third-order valence-corrected chi connectivity index (χ3v) is 6.51. The van der Waals surface area contributed by atoms with E-state index in [1.165, 1.54) is 19.3 Å². The molecule has 3 aromatic carbocycles. The van der Waals surface area contributed by atoms with Crippen LogP contribution in [0.1, 0.15) is 24.8 Å². The largest absolute Gasteiger partial charge is 0.508 e. The molecule has 1 aromatic heterocycles. The van der Waals surface area contributed by atoms with Crippen LogP contribution in [0, 0.1) is 0 Å². The lowest BCUT2D eigenvalue weighted by Gasteiger charge is -2.26. The van der Waals surface area contributed by atoms with Gasteiger partial charge in [0.15, 0.2) is 0 Å². The first kappa shape index (κ1) is 21.6. The van der Waals surface area contributed by atoms with Gasteiger partial charge in [-0.2, -0.15) is 4.73 Å². The van der Waals surface area contributed by atoms with Gasteiger partial charge in [0, 0.05) is 27.9 Å². The van der Waals surface area contributed by atoms with Gasteiger partial charge < -0.3 is 15.1 Å². The Bertz CT molecular complexity index is 1410. The Labute approximate surface area is 196 Å². The highest BCUT2D eigenvalue weighted by Crippen LogP contribution is 2.28. The number of hydrogen-bond acceptors (Lipinski definition) is 5. The molecule has 0 atom stereocenters. The normalized spacial score (nSPS) is 15.4. The Kier molecular flexibility index (Phi) is 5.87. The Morgan fingerprint density at radius 1 is 0.939 bits per heavy atom. The zero-order valence-electron chi connectivity index (χ0n) is 18.5. The average Bonchev–Trinajstić information content (AvgIpc) is 2.84. The number of halogens is 1. The van der Waals surface area contributed by atoms with Crippen LogP contribution >= 0.6 is 11.6 Å². The van der Waals surface area contributed by atoms with Crippen molar-refractivity contribution in [3.63, 3.8) is 0 Å². The van der Waals surface area contributed by atoms with Crippen LogP contribution in [0.3, 0.4) is 0 Å². The second kappa shape index (κ2) is 8.96. The zero-order chi connectivity index (χ0) is 22.9. The number of methoxy groups -OCH3 is 1. The van der Waals surface area contributed by atoms with Crippen LogP contribution in [-0.2, 0) is 6.54 Å². The number of ether oxygens (including phenoxy) is 1. The molecule has 4 aromatic rings. The molecule has 0 saturated carbocycles. The molecule has 0 spiro atoms. The second-order valence-electron chi connectivity index (χ2n) is 8.47. The maximum atomic E-state index is 10.9. The van der Waals surface area contributed by atoms with Crippen LogP contribution in [-0.4, -0.2) is 40.1 Å². The summed E-state index contributed by atoms with van der Waals surface area (Å²) >= 11 is 6.23. The molecule has 1 aliphatic heterocycles. The first-order valence-electron chi connectivity index (χ1n) is 11.1. The quantitative estimate of drug-likeness (QED) is 0.304. The Morgan fingerprint density at radius 2 is 1.76 bits per heavy atom. The lowest BCUT2D eigenvalue weighted by Crippen LogP contribution is -2.29.